The van der Waals surface area contributed by atoms with E-state index >= 15 is 0 Å². The maximum absolute atomic E-state index is 12.0. The van der Waals surface area contributed by atoms with E-state index in [4.69, 9.17) is 11.6 Å². The summed E-state index contributed by atoms with van der Waals surface area (Å²) in [7, 11) is 1.69. The van der Waals surface area contributed by atoms with Gasteiger partial charge in [-0.05, 0) is 18.1 Å². The first-order valence-corrected chi connectivity index (χ1v) is 7.20. The predicted molar refractivity (Wildman–Crippen MR) is 83.6 cm³/mol. The van der Waals surface area contributed by atoms with Crippen molar-refractivity contribution in [1.82, 2.24) is 15.6 Å². The van der Waals surface area contributed by atoms with Gasteiger partial charge in [-0.3, -0.25) is 9.59 Å². The van der Waals surface area contributed by atoms with Crippen LogP contribution in [-0.4, -0.2) is 36.9 Å². The number of hydrogen-bond acceptors (Lipinski definition) is 4. The molecule has 0 aliphatic rings. The summed E-state index contributed by atoms with van der Waals surface area (Å²) in [6, 6.07) is 3.08. The molecule has 116 valence electrons. The highest BCUT2D eigenvalue weighted by molar-refractivity contribution is 6.29. The Bertz CT molecular complexity index is 506. The van der Waals surface area contributed by atoms with Crippen LogP contribution < -0.4 is 16.0 Å². The molecular weight excluding hydrogens is 292 g/mol. The highest BCUT2D eigenvalue weighted by atomic mass is 35.5. The second-order valence-electron chi connectivity index (χ2n) is 5.02. The number of nitrogens with one attached hydrogen (secondary N) is 3. The number of hydrogen-bond donors (Lipinski definition) is 3. The Hall–Kier alpha value is -1.82. The second-order valence-corrected chi connectivity index (χ2v) is 5.40. The molecule has 0 bridgehead atoms. The van der Waals surface area contributed by atoms with Crippen molar-refractivity contribution in [3.8, 4) is 0 Å². The molecule has 0 saturated heterocycles. The predicted octanol–water partition coefficient (Wildman–Crippen LogP) is 1.67. The second kappa shape index (κ2) is 8.46. The number of halogens is 1. The smallest absolute Gasteiger partial charge is 0.251 e. The summed E-state index contributed by atoms with van der Waals surface area (Å²) in [4.78, 5) is 27.5. The summed E-state index contributed by atoms with van der Waals surface area (Å²) in [5.41, 5.74) is 0.405. The summed E-state index contributed by atoms with van der Waals surface area (Å²) >= 11 is 5.83. The quantitative estimate of drug-likeness (QED) is 0.669. The molecule has 0 aromatic carbocycles. The van der Waals surface area contributed by atoms with E-state index in [9.17, 15) is 9.59 Å². The Labute approximate surface area is 129 Å². The number of amides is 2. The fourth-order valence-electron chi connectivity index (χ4n) is 1.55. The van der Waals surface area contributed by atoms with E-state index in [-0.39, 0.29) is 29.9 Å². The maximum atomic E-state index is 12.0. The van der Waals surface area contributed by atoms with Crippen molar-refractivity contribution in [3.63, 3.8) is 0 Å². The molecule has 0 aliphatic carbocycles. The van der Waals surface area contributed by atoms with Crippen molar-refractivity contribution >= 4 is 29.2 Å². The van der Waals surface area contributed by atoms with Gasteiger partial charge >= 0.3 is 0 Å². The van der Waals surface area contributed by atoms with Gasteiger partial charge in [0.2, 0.25) is 5.91 Å². The van der Waals surface area contributed by atoms with Gasteiger partial charge in [0.15, 0.2) is 0 Å². The molecular formula is C14H21ClN4O2. The highest BCUT2D eigenvalue weighted by Crippen LogP contribution is 2.13. The molecule has 1 aromatic heterocycles. The van der Waals surface area contributed by atoms with Gasteiger partial charge in [-0.1, -0.05) is 25.4 Å². The molecule has 6 nitrogen and oxygen atoms in total. The number of nitrogens with zero attached hydrogens (tertiary/aromatic N) is 1. The molecule has 0 fully saturated rings. The minimum Gasteiger partial charge on any atom is -0.373 e. The standard InChI is InChI=1S/C14H21ClN4O2/c1-9(2)8-18-13(20)4-5-17-14(21)10-6-11(15)19-12(7-10)16-3/h6-7,9H,4-5,8H2,1-3H3,(H,16,19)(H,17,21)(H,18,20). The van der Waals surface area contributed by atoms with E-state index in [0.29, 0.717) is 23.8 Å². The minimum atomic E-state index is -0.285. The Morgan fingerprint density at radius 3 is 2.62 bits per heavy atom. The van der Waals surface area contributed by atoms with Crippen molar-refractivity contribution in [2.75, 3.05) is 25.5 Å². The first-order chi connectivity index (χ1) is 9.92. The fraction of sp³-hybridized carbons (Fsp3) is 0.500. The molecule has 1 aromatic rings. The van der Waals surface area contributed by atoms with Crippen molar-refractivity contribution < 1.29 is 9.59 Å². The van der Waals surface area contributed by atoms with Crippen LogP contribution >= 0.6 is 11.6 Å². The maximum Gasteiger partial charge on any atom is 0.251 e. The summed E-state index contributed by atoms with van der Waals surface area (Å²) in [6.07, 6.45) is 0.246. The summed E-state index contributed by atoms with van der Waals surface area (Å²) in [5.74, 6) is 0.560. The lowest BCUT2D eigenvalue weighted by molar-refractivity contribution is -0.121. The number of rotatable bonds is 7. The number of pyridine rings is 1. The normalized spacial score (nSPS) is 10.3. The largest absolute Gasteiger partial charge is 0.373 e. The average Bonchev–Trinajstić information content (AvgIpc) is 2.44. The highest BCUT2D eigenvalue weighted by Gasteiger charge is 2.09. The van der Waals surface area contributed by atoms with Crippen LogP contribution in [0.3, 0.4) is 0 Å². The van der Waals surface area contributed by atoms with E-state index in [1.807, 2.05) is 13.8 Å². The lowest BCUT2D eigenvalue weighted by Gasteiger charge is -2.09. The van der Waals surface area contributed by atoms with Crippen LogP contribution in [0.15, 0.2) is 12.1 Å². The molecule has 0 unspecified atom stereocenters. The van der Waals surface area contributed by atoms with Gasteiger partial charge in [-0.15, -0.1) is 0 Å². The lowest BCUT2D eigenvalue weighted by atomic mass is 10.2. The third kappa shape index (κ3) is 6.44. The molecule has 1 rings (SSSR count). The summed E-state index contributed by atoms with van der Waals surface area (Å²) < 4.78 is 0. The molecule has 0 spiro atoms. The van der Waals surface area contributed by atoms with E-state index in [0.717, 1.165) is 0 Å². The number of anilines is 1. The van der Waals surface area contributed by atoms with Crippen molar-refractivity contribution in [2.45, 2.75) is 20.3 Å². The third-order valence-electron chi connectivity index (χ3n) is 2.66. The van der Waals surface area contributed by atoms with E-state index < -0.39 is 0 Å². The minimum absolute atomic E-state index is 0.0762. The van der Waals surface area contributed by atoms with Crippen LogP contribution in [0.25, 0.3) is 0 Å². The SMILES string of the molecule is CNc1cc(C(=O)NCCC(=O)NCC(C)C)cc(Cl)n1. The summed E-state index contributed by atoms with van der Waals surface area (Å²) in [5, 5.41) is 8.54. The Morgan fingerprint density at radius 1 is 1.29 bits per heavy atom. The van der Waals surface area contributed by atoms with Crippen LogP contribution in [0.1, 0.15) is 30.6 Å². The van der Waals surface area contributed by atoms with Gasteiger partial charge in [-0.25, -0.2) is 4.98 Å². The zero-order valence-corrected chi connectivity index (χ0v) is 13.3. The zero-order valence-electron chi connectivity index (χ0n) is 12.5. The van der Waals surface area contributed by atoms with Gasteiger partial charge in [0, 0.05) is 32.1 Å². The molecule has 21 heavy (non-hydrogen) atoms. The number of carbonyl (C=O) groups is 2. The Balaban J connectivity index is 2.44. The number of carbonyl (C=O) groups excluding carboxylic acids is 2. The Kier molecular flexibility index (Phi) is 6.94. The van der Waals surface area contributed by atoms with Gasteiger partial charge in [0.1, 0.15) is 11.0 Å². The van der Waals surface area contributed by atoms with E-state index in [1.165, 1.54) is 6.07 Å². The van der Waals surface area contributed by atoms with Gasteiger partial charge in [-0.2, -0.15) is 0 Å². The fourth-order valence-corrected chi connectivity index (χ4v) is 1.76. The lowest BCUT2D eigenvalue weighted by Crippen LogP contribution is -2.32. The van der Waals surface area contributed by atoms with Crippen LogP contribution in [0, 0.1) is 5.92 Å². The first-order valence-electron chi connectivity index (χ1n) is 6.82. The molecule has 0 aliphatic heterocycles. The van der Waals surface area contributed by atoms with Crippen LogP contribution in [-0.2, 0) is 4.79 Å². The van der Waals surface area contributed by atoms with Gasteiger partial charge < -0.3 is 16.0 Å². The molecule has 2 amide bonds. The van der Waals surface area contributed by atoms with Crippen LogP contribution in [0.5, 0.6) is 0 Å². The molecule has 0 saturated carbocycles. The molecule has 0 atom stereocenters. The van der Waals surface area contributed by atoms with E-state index in [2.05, 4.69) is 20.9 Å². The van der Waals surface area contributed by atoms with Crippen molar-refractivity contribution in [3.05, 3.63) is 22.8 Å². The molecule has 3 N–H and O–H groups in total. The third-order valence-corrected chi connectivity index (χ3v) is 2.85. The molecule has 7 heteroatoms. The monoisotopic (exact) mass is 312 g/mol. The van der Waals surface area contributed by atoms with Crippen molar-refractivity contribution in [1.29, 1.82) is 0 Å². The molecule has 0 radical (unpaired) electrons. The van der Waals surface area contributed by atoms with Crippen LogP contribution in [0.2, 0.25) is 5.15 Å². The zero-order chi connectivity index (χ0) is 15.8. The average molecular weight is 313 g/mol. The van der Waals surface area contributed by atoms with E-state index in [1.54, 1.807) is 13.1 Å². The topological polar surface area (TPSA) is 83.1 Å². The molecule has 1 heterocycles. The van der Waals surface area contributed by atoms with Gasteiger partial charge in [0.05, 0.1) is 0 Å². The van der Waals surface area contributed by atoms with Crippen molar-refractivity contribution in [2.24, 2.45) is 5.92 Å². The Morgan fingerprint density at radius 2 is 2.00 bits per heavy atom. The summed E-state index contributed by atoms with van der Waals surface area (Å²) in [6.45, 7) is 4.96. The van der Waals surface area contributed by atoms with Gasteiger partial charge in [0.25, 0.3) is 5.91 Å². The number of aromatic nitrogens is 1. The first kappa shape index (κ1) is 17.2. The van der Waals surface area contributed by atoms with Crippen LogP contribution in [0.4, 0.5) is 5.82 Å².